The first-order valence-electron chi connectivity index (χ1n) is 9.53. The Bertz CT molecular complexity index is 1160. The minimum atomic E-state index is 0.629. The number of aromatic nitrogens is 2. The van der Waals surface area contributed by atoms with E-state index in [-0.39, 0.29) is 0 Å². The fourth-order valence-corrected chi connectivity index (χ4v) is 3.21. The van der Waals surface area contributed by atoms with Gasteiger partial charge >= 0.3 is 0 Å². The summed E-state index contributed by atoms with van der Waals surface area (Å²) >= 11 is 0. The van der Waals surface area contributed by atoms with Gasteiger partial charge in [0.05, 0.1) is 19.7 Å². The van der Waals surface area contributed by atoms with Gasteiger partial charge in [-0.1, -0.05) is 18.2 Å². The third kappa shape index (κ3) is 3.85. The van der Waals surface area contributed by atoms with Crippen LogP contribution in [-0.4, -0.2) is 38.3 Å². The van der Waals surface area contributed by atoms with Crippen molar-refractivity contribution in [2.24, 2.45) is 0 Å². The summed E-state index contributed by atoms with van der Waals surface area (Å²) < 4.78 is 16.8. The summed E-state index contributed by atoms with van der Waals surface area (Å²) in [7, 11) is 7.15. The van der Waals surface area contributed by atoms with Crippen LogP contribution in [0.1, 0.15) is 0 Å². The van der Waals surface area contributed by atoms with Gasteiger partial charge in [-0.25, -0.2) is 9.97 Å². The topological polar surface area (TPSA) is 56.7 Å². The van der Waals surface area contributed by atoms with Crippen molar-refractivity contribution >= 4 is 16.7 Å². The van der Waals surface area contributed by atoms with Gasteiger partial charge in [-0.2, -0.15) is 0 Å². The molecule has 0 saturated carbocycles. The number of ether oxygens (including phenoxy) is 3. The number of anilines is 1. The second-order valence-corrected chi connectivity index (χ2v) is 6.93. The standard InChI is InChI=1S/C24H23N3O3/c1-27(2)24-19-14-21(28-3)22(29-4)15-20(19)25-23(26-24)16-10-12-18(13-11-16)30-17-8-6-5-7-9-17/h5-15H,1-4H3. The zero-order valence-corrected chi connectivity index (χ0v) is 17.4. The van der Waals surface area contributed by atoms with Crippen molar-refractivity contribution in [2.75, 3.05) is 33.2 Å². The smallest absolute Gasteiger partial charge is 0.162 e. The van der Waals surface area contributed by atoms with Crippen LogP contribution in [0.25, 0.3) is 22.3 Å². The molecule has 0 bridgehead atoms. The Morgan fingerprint density at radius 2 is 1.37 bits per heavy atom. The highest BCUT2D eigenvalue weighted by molar-refractivity contribution is 5.93. The fraction of sp³-hybridized carbons (Fsp3) is 0.167. The van der Waals surface area contributed by atoms with E-state index in [9.17, 15) is 0 Å². The number of hydrogen-bond donors (Lipinski definition) is 0. The Labute approximate surface area is 175 Å². The summed E-state index contributed by atoms with van der Waals surface area (Å²) in [6.07, 6.45) is 0. The number of nitrogens with zero attached hydrogens (tertiary/aromatic N) is 3. The summed E-state index contributed by atoms with van der Waals surface area (Å²) in [6.45, 7) is 0. The van der Waals surface area contributed by atoms with Gasteiger partial charge in [0, 0.05) is 31.1 Å². The van der Waals surface area contributed by atoms with E-state index in [1.54, 1.807) is 14.2 Å². The molecule has 4 rings (SSSR count). The first-order chi connectivity index (χ1) is 14.6. The molecule has 0 atom stereocenters. The average molecular weight is 401 g/mol. The van der Waals surface area contributed by atoms with Crippen LogP contribution in [0, 0.1) is 0 Å². The van der Waals surface area contributed by atoms with Gasteiger partial charge < -0.3 is 19.1 Å². The number of methoxy groups -OCH3 is 2. The van der Waals surface area contributed by atoms with Gasteiger partial charge in [0.1, 0.15) is 17.3 Å². The third-order valence-electron chi connectivity index (χ3n) is 4.70. The molecule has 0 spiro atoms. The fourth-order valence-electron chi connectivity index (χ4n) is 3.21. The van der Waals surface area contributed by atoms with Crippen molar-refractivity contribution < 1.29 is 14.2 Å². The van der Waals surface area contributed by atoms with Gasteiger partial charge in [-0.15, -0.1) is 0 Å². The van der Waals surface area contributed by atoms with Crippen LogP contribution in [0.2, 0.25) is 0 Å². The number of para-hydroxylation sites is 1. The van der Waals surface area contributed by atoms with E-state index in [2.05, 4.69) is 0 Å². The van der Waals surface area contributed by atoms with E-state index in [0.717, 1.165) is 33.8 Å². The second-order valence-electron chi connectivity index (χ2n) is 6.93. The SMILES string of the molecule is COc1cc2nc(-c3ccc(Oc4ccccc4)cc3)nc(N(C)C)c2cc1OC. The Morgan fingerprint density at radius 3 is 2.00 bits per heavy atom. The van der Waals surface area contributed by atoms with Crippen molar-refractivity contribution in [1.82, 2.24) is 9.97 Å². The van der Waals surface area contributed by atoms with Crippen molar-refractivity contribution in [2.45, 2.75) is 0 Å². The van der Waals surface area contributed by atoms with E-state index in [0.29, 0.717) is 17.3 Å². The van der Waals surface area contributed by atoms with Gasteiger partial charge in [-0.3, -0.25) is 0 Å². The summed E-state index contributed by atoms with van der Waals surface area (Å²) in [6, 6.07) is 21.2. The lowest BCUT2D eigenvalue weighted by Crippen LogP contribution is -2.12. The van der Waals surface area contributed by atoms with Gasteiger partial charge in [-0.05, 0) is 42.5 Å². The average Bonchev–Trinajstić information content (AvgIpc) is 2.78. The molecule has 152 valence electrons. The number of hydrogen-bond acceptors (Lipinski definition) is 6. The van der Waals surface area contributed by atoms with Crippen molar-refractivity contribution in [3.63, 3.8) is 0 Å². The maximum atomic E-state index is 5.88. The van der Waals surface area contributed by atoms with Gasteiger partial charge in [0.15, 0.2) is 17.3 Å². The van der Waals surface area contributed by atoms with Crippen LogP contribution in [0.15, 0.2) is 66.7 Å². The van der Waals surface area contributed by atoms with Crippen molar-refractivity contribution in [3.05, 3.63) is 66.7 Å². The zero-order valence-electron chi connectivity index (χ0n) is 17.4. The predicted octanol–water partition coefficient (Wildman–Crippen LogP) is 5.17. The Kier molecular flexibility index (Phi) is 5.39. The van der Waals surface area contributed by atoms with E-state index < -0.39 is 0 Å². The predicted molar refractivity (Wildman–Crippen MR) is 119 cm³/mol. The molecule has 0 fully saturated rings. The number of rotatable bonds is 6. The van der Waals surface area contributed by atoms with E-state index in [1.165, 1.54) is 0 Å². The lowest BCUT2D eigenvalue weighted by molar-refractivity contribution is 0.356. The minimum Gasteiger partial charge on any atom is -0.493 e. The Hall–Kier alpha value is -3.80. The van der Waals surface area contributed by atoms with Crippen LogP contribution < -0.4 is 19.1 Å². The molecule has 6 nitrogen and oxygen atoms in total. The Morgan fingerprint density at radius 1 is 0.733 bits per heavy atom. The number of benzene rings is 3. The number of fused-ring (bicyclic) bond motifs is 1. The molecule has 0 radical (unpaired) electrons. The van der Waals surface area contributed by atoms with Crippen LogP contribution in [0.5, 0.6) is 23.0 Å². The molecule has 0 aliphatic heterocycles. The van der Waals surface area contributed by atoms with Crippen molar-refractivity contribution in [3.8, 4) is 34.4 Å². The molecule has 1 aromatic heterocycles. The molecule has 0 aliphatic carbocycles. The molecule has 30 heavy (non-hydrogen) atoms. The monoisotopic (exact) mass is 401 g/mol. The van der Waals surface area contributed by atoms with Gasteiger partial charge in [0.2, 0.25) is 0 Å². The highest BCUT2D eigenvalue weighted by atomic mass is 16.5. The molecule has 6 heteroatoms. The molecule has 3 aromatic carbocycles. The summed E-state index contributed by atoms with van der Waals surface area (Å²) in [4.78, 5) is 11.5. The van der Waals surface area contributed by atoms with E-state index in [4.69, 9.17) is 24.2 Å². The molecule has 4 aromatic rings. The normalized spacial score (nSPS) is 10.7. The minimum absolute atomic E-state index is 0.629. The summed E-state index contributed by atoms with van der Waals surface area (Å²) in [5.41, 5.74) is 1.68. The summed E-state index contributed by atoms with van der Waals surface area (Å²) in [5, 5.41) is 0.894. The molecular formula is C24H23N3O3. The van der Waals surface area contributed by atoms with Crippen LogP contribution in [-0.2, 0) is 0 Å². The van der Waals surface area contributed by atoms with Crippen molar-refractivity contribution in [1.29, 1.82) is 0 Å². The molecule has 0 N–H and O–H groups in total. The second kappa shape index (κ2) is 8.29. The molecule has 0 amide bonds. The lowest BCUT2D eigenvalue weighted by Gasteiger charge is -2.17. The molecule has 1 heterocycles. The molecule has 0 saturated heterocycles. The summed E-state index contributed by atoms with van der Waals surface area (Å²) in [5.74, 6) is 4.26. The van der Waals surface area contributed by atoms with E-state index >= 15 is 0 Å². The Balaban J connectivity index is 1.74. The van der Waals surface area contributed by atoms with E-state index in [1.807, 2.05) is 85.7 Å². The highest BCUT2D eigenvalue weighted by Gasteiger charge is 2.15. The first kappa shape index (κ1) is 19.5. The maximum Gasteiger partial charge on any atom is 0.162 e. The zero-order chi connectivity index (χ0) is 21.1. The van der Waals surface area contributed by atoms with Gasteiger partial charge in [0.25, 0.3) is 0 Å². The molecule has 0 unspecified atom stereocenters. The lowest BCUT2D eigenvalue weighted by atomic mass is 10.1. The quantitative estimate of drug-likeness (QED) is 0.444. The van der Waals surface area contributed by atoms with Crippen LogP contribution in [0.4, 0.5) is 5.82 Å². The van der Waals surface area contributed by atoms with Crippen LogP contribution >= 0.6 is 0 Å². The maximum absolute atomic E-state index is 5.88. The largest absolute Gasteiger partial charge is 0.493 e. The third-order valence-corrected chi connectivity index (χ3v) is 4.70. The first-order valence-corrected chi connectivity index (χ1v) is 9.53. The molecule has 0 aliphatic rings. The highest BCUT2D eigenvalue weighted by Crippen LogP contribution is 2.36. The van der Waals surface area contributed by atoms with Crippen LogP contribution in [0.3, 0.4) is 0 Å². The molecular weight excluding hydrogens is 378 g/mol.